The highest BCUT2D eigenvalue weighted by atomic mass is 35.5. The van der Waals surface area contributed by atoms with Crippen molar-refractivity contribution < 1.29 is 13.5 Å². The van der Waals surface area contributed by atoms with Crippen LogP contribution in [0.15, 0.2) is 54.7 Å². The van der Waals surface area contributed by atoms with Crippen LogP contribution >= 0.6 is 24.8 Å². The van der Waals surface area contributed by atoms with Gasteiger partial charge in [-0.25, -0.2) is 8.78 Å². The van der Waals surface area contributed by atoms with Crippen LogP contribution in [0.25, 0.3) is 6.08 Å². The van der Waals surface area contributed by atoms with E-state index in [9.17, 15) is 8.78 Å². The van der Waals surface area contributed by atoms with E-state index in [1.54, 1.807) is 6.07 Å². The lowest BCUT2D eigenvalue weighted by Crippen LogP contribution is -2.45. The van der Waals surface area contributed by atoms with Gasteiger partial charge in [0, 0.05) is 32.7 Å². The van der Waals surface area contributed by atoms with Gasteiger partial charge in [-0.3, -0.25) is 4.90 Å². The van der Waals surface area contributed by atoms with Gasteiger partial charge < -0.3 is 9.64 Å². The highest BCUT2D eigenvalue weighted by Gasteiger charge is 2.14. The van der Waals surface area contributed by atoms with Crippen LogP contribution in [0.1, 0.15) is 5.56 Å². The average molecular weight is 417 g/mol. The van der Waals surface area contributed by atoms with E-state index in [-0.39, 0.29) is 24.8 Å². The second-order valence-corrected chi connectivity index (χ2v) is 6.03. The summed E-state index contributed by atoms with van der Waals surface area (Å²) in [5.74, 6) is -0.732. The van der Waals surface area contributed by atoms with E-state index in [2.05, 4.69) is 9.80 Å². The van der Waals surface area contributed by atoms with E-state index < -0.39 is 11.6 Å². The molecule has 0 unspecified atom stereocenters. The van der Waals surface area contributed by atoms with E-state index in [0.29, 0.717) is 12.2 Å². The number of hydrogen-bond acceptors (Lipinski definition) is 3. The summed E-state index contributed by atoms with van der Waals surface area (Å²) in [7, 11) is 0. The molecule has 7 heteroatoms. The molecule has 0 atom stereocenters. The lowest BCUT2D eigenvalue weighted by molar-refractivity contribution is 0.145. The van der Waals surface area contributed by atoms with Crippen molar-refractivity contribution in [3.8, 4) is 5.75 Å². The Labute approximate surface area is 171 Å². The van der Waals surface area contributed by atoms with Gasteiger partial charge in [-0.2, -0.15) is 0 Å². The normalized spacial score (nSPS) is 14.5. The molecule has 1 aliphatic heterocycles. The average Bonchev–Trinajstić information content (AvgIpc) is 2.65. The Morgan fingerprint density at radius 2 is 1.59 bits per heavy atom. The summed E-state index contributed by atoms with van der Waals surface area (Å²) in [6, 6.07) is 13.8. The lowest BCUT2D eigenvalue weighted by Gasteiger charge is -2.33. The standard InChI is InChI=1S/C20H22F2N2O.2ClH/c21-19-7-6-17(16-20(19)22)8-9-23-10-12-24(13-11-23)14-15-25-18-4-2-1-3-5-18;;/h1-9,16H,10-15H2;2*1H. The minimum atomic E-state index is -0.816. The molecule has 3 nitrogen and oxygen atoms in total. The number of nitrogens with zero attached hydrogens (tertiary/aromatic N) is 2. The largest absolute Gasteiger partial charge is 0.492 e. The summed E-state index contributed by atoms with van der Waals surface area (Å²) in [4.78, 5) is 4.56. The second kappa shape index (κ2) is 11.8. The molecular formula is C20H24Cl2F2N2O. The van der Waals surface area contributed by atoms with E-state index in [0.717, 1.165) is 44.5 Å². The Bertz CT molecular complexity index is 708. The molecule has 1 saturated heterocycles. The zero-order valence-electron chi connectivity index (χ0n) is 14.9. The number of benzene rings is 2. The van der Waals surface area contributed by atoms with Crippen molar-refractivity contribution in [2.45, 2.75) is 0 Å². The molecule has 0 spiro atoms. The van der Waals surface area contributed by atoms with Crippen molar-refractivity contribution in [2.75, 3.05) is 39.3 Å². The zero-order valence-corrected chi connectivity index (χ0v) is 16.5. The van der Waals surface area contributed by atoms with Crippen LogP contribution in [0.4, 0.5) is 8.78 Å². The van der Waals surface area contributed by atoms with Crippen LogP contribution in [0, 0.1) is 11.6 Å². The Kier molecular flexibility index (Phi) is 10.1. The molecule has 0 amide bonds. The van der Waals surface area contributed by atoms with Gasteiger partial charge in [0.2, 0.25) is 0 Å². The first kappa shape index (κ1) is 23.2. The Morgan fingerprint density at radius 3 is 2.26 bits per heavy atom. The maximum absolute atomic E-state index is 13.2. The highest BCUT2D eigenvalue weighted by Crippen LogP contribution is 2.12. The van der Waals surface area contributed by atoms with Gasteiger partial charge in [0.05, 0.1) is 0 Å². The zero-order chi connectivity index (χ0) is 17.5. The fraction of sp³-hybridized carbons (Fsp3) is 0.300. The molecule has 0 radical (unpaired) electrons. The number of piperazine rings is 1. The fourth-order valence-electron chi connectivity index (χ4n) is 2.75. The Balaban J connectivity index is 0.00000182. The van der Waals surface area contributed by atoms with Crippen LogP contribution < -0.4 is 4.74 Å². The van der Waals surface area contributed by atoms with Crippen molar-refractivity contribution >= 4 is 30.9 Å². The third-order valence-electron chi connectivity index (χ3n) is 4.25. The minimum Gasteiger partial charge on any atom is -0.492 e. The molecule has 2 aromatic rings. The second-order valence-electron chi connectivity index (χ2n) is 6.03. The van der Waals surface area contributed by atoms with Crippen molar-refractivity contribution in [1.82, 2.24) is 9.80 Å². The molecule has 1 heterocycles. The first-order valence-corrected chi connectivity index (χ1v) is 8.48. The number of halogens is 4. The van der Waals surface area contributed by atoms with Crippen LogP contribution in [-0.2, 0) is 0 Å². The van der Waals surface area contributed by atoms with Crippen molar-refractivity contribution in [3.63, 3.8) is 0 Å². The molecular weight excluding hydrogens is 393 g/mol. The third-order valence-corrected chi connectivity index (χ3v) is 4.25. The Morgan fingerprint density at radius 1 is 0.889 bits per heavy atom. The number of rotatable bonds is 6. The van der Waals surface area contributed by atoms with Crippen molar-refractivity contribution in [3.05, 3.63) is 71.9 Å². The summed E-state index contributed by atoms with van der Waals surface area (Å²) in [6.45, 7) is 5.31. The molecule has 0 bridgehead atoms. The SMILES string of the molecule is Cl.Cl.Fc1ccc(C=CN2CCN(CCOc3ccccc3)CC2)cc1F. The molecule has 2 aromatic carbocycles. The van der Waals surface area contributed by atoms with Gasteiger partial charge in [0.15, 0.2) is 11.6 Å². The molecule has 0 aliphatic carbocycles. The van der Waals surface area contributed by atoms with Gasteiger partial charge in [0.25, 0.3) is 0 Å². The fourth-order valence-corrected chi connectivity index (χ4v) is 2.75. The number of para-hydroxylation sites is 1. The molecule has 0 N–H and O–H groups in total. The maximum atomic E-state index is 13.2. The van der Waals surface area contributed by atoms with Gasteiger partial charge in [-0.15, -0.1) is 24.8 Å². The lowest BCUT2D eigenvalue weighted by atomic mass is 10.2. The molecule has 0 saturated carbocycles. The topological polar surface area (TPSA) is 15.7 Å². The van der Waals surface area contributed by atoms with E-state index in [1.807, 2.05) is 42.6 Å². The summed E-state index contributed by atoms with van der Waals surface area (Å²) in [5, 5.41) is 0. The molecule has 3 rings (SSSR count). The Hall–Kier alpha value is -1.82. The van der Waals surface area contributed by atoms with Crippen LogP contribution in [0.5, 0.6) is 5.75 Å². The van der Waals surface area contributed by atoms with Gasteiger partial charge in [0.1, 0.15) is 12.4 Å². The summed E-state index contributed by atoms with van der Waals surface area (Å²) < 4.78 is 31.8. The van der Waals surface area contributed by atoms with Crippen LogP contribution in [-0.4, -0.2) is 49.1 Å². The van der Waals surface area contributed by atoms with Gasteiger partial charge in [-0.05, 0) is 42.1 Å². The quantitative estimate of drug-likeness (QED) is 0.690. The van der Waals surface area contributed by atoms with E-state index >= 15 is 0 Å². The summed E-state index contributed by atoms with van der Waals surface area (Å²) in [6.07, 6.45) is 3.77. The third kappa shape index (κ3) is 7.37. The predicted molar refractivity (Wildman–Crippen MR) is 110 cm³/mol. The predicted octanol–water partition coefficient (Wildman–Crippen LogP) is 4.48. The monoisotopic (exact) mass is 416 g/mol. The number of hydrogen-bond donors (Lipinski definition) is 0. The summed E-state index contributed by atoms with van der Waals surface area (Å²) in [5.41, 5.74) is 0.664. The number of ether oxygens (including phenoxy) is 1. The van der Waals surface area contributed by atoms with E-state index in [1.165, 1.54) is 6.07 Å². The first-order valence-electron chi connectivity index (χ1n) is 8.48. The van der Waals surface area contributed by atoms with Crippen molar-refractivity contribution in [1.29, 1.82) is 0 Å². The molecule has 148 valence electrons. The molecule has 27 heavy (non-hydrogen) atoms. The van der Waals surface area contributed by atoms with Crippen molar-refractivity contribution in [2.24, 2.45) is 0 Å². The van der Waals surface area contributed by atoms with E-state index in [4.69, 9.17) is 4.74 Å². The van der Waals surface area contributed by atoms with Crippen LogP contribution in [0.2, 0.25) is 0 Å². The first-order chi connectivity index (χ1) is 12.2. The maximum Gasteiger partial charge on any atom is 0.159 e. The highest BCUT2D eigenvalue weighted by molar-refractivity contribution is 5.85. The van der Waals surface area contributed by atoms with Crippen LogP contribution in [0.3, 0.4) is 0 Å². The molecule has 0 aromatic heterocycles. The smallest absolute Gasteiger partial charge is 0.159 e. The minimum absolute atomic E-state index is 0. The van der Waals surface area contributed by atoms with Gasteiger partial charge >= 0.3 is 0 Å². The van der Waals surface area contributed by atoms with Gasteiger partial charge in [-0.1, -0.05) is 24.3 Å². The molecule has 1 aliphatic rings. The molecule has 1 fully saturated rings. The summed E-state index contributed by atoms with van der Waals surface area (Å²) >= 11 is 0.